The van der Waals surface area contributed by atoms with Crippen LogP contribution in [-0.2, 0) is 16.1 Å². The molecule has 19 heavy (non-hydrogen) atoms. The van der Waals surface area contributed by atoms with Crippen LogP contribution in [0, 0.1) is 0 Å². The molecule has 0 spiro atoms. The second-order valence-corrected chi connectivity index (χ2v) is 4.54. The molecule has 0 aromatic heterocycles. The molecule has 1 atom stereocenters. The summed E-state index contributed by atoms with van der Waals surface area (Å²) in [6.07, 6.45) is -0.970. The zero-order valence-electron chi connectivity index (χ0n) is 10.7. The van der Waals surface area contributed by atoms with Crippen LogP contribution in [0.1, 0.15) is 19.4 Å². The van der Waals surface area contributed by atoms with E-state index in [1.807, 2.05) is 11.4 Å². The number of alkyl halides is 1. The first-order chi connectivity index (χ1) is 8.80. The Kier molecular flexibility index (Phi) is 4.86. The quantitative estimate of drug-likeness (QED) is 0.858. The Bertz CT molecular complexity index is 442. The van der Waals surface area contributed by atoms with E-state index in [0.717, 1.165) is 19.4 Å². The van der Waals surface area contributed by atoms with Gasteiger partial charge in [-0.3, -0.25) is 0 Å². The zero-order valence-corrected chi connectivity index (χ0v) is 10.7. The van der Waals surface area contributed by atoms with Crippen molar-refractivity contribution in [2.45, 2.75) is 32.2 Å². The van der Waals surface area contributed by atoms with Crippen molar-refractivity contribution < 1.29 is 23.8 Å². The van der Waals surface area contributed by atoms with Crippen LogP contribution in [0.2, 0.25) is 0 Å². The highest BCUT2D eigenvalue weighted by molar-refractivity contribution is 5.81. The van der Waals surface area contributed by atoms with Crippen molar-refractivity contribution in [1.82, 2.24) is 5.32 Å². The number of aliphatic carboxylic acids is 1. The Morgan fingerprint density at radius 2 is 1.95 bits per heavy atom. The predicted molar refractivity (Wildman–Crippen MR) is 66.4 cm³/mol. The average Bonchev–Trinajstić information content (AvgIpc) is 2.33. The van der Waals surface area contributed by atoms with Crippen LogP contribution in [0.25, 0.3) is 0 Å². The van der Waals surface area contributed by atoms with E-state index in [0.29, 0.717) is 0 Å². The van der Waals surface area contributed by atoms with E-state index in [2.05, 4.69) is 0 Å². The van der Waals surface area contributed by atoms with Crippen molar-refractivity contribution in [2.75, 3.05) is 0 Å². The zero-order chi connectivity index (χ0) is 14.5. The van der Waals surface area contributed by atoms with Crippen molar-refractivity contribution in [2.24, 2.45) is 0 Å². The number of alkyl carbamates (subject to hydrolysis) is 1. The molecule has 0 saturated carbocycles. The summed E-state index contributed by atoms with van der Waals surface area (Å²) in [6.45, 7) is 2.14. The predicted octanol–water partition coefficient (Wildman–Crippen LogP) is 2.11. The number of benzene rings is 1. The van der Waals surface area contributed by atoms with Crippen LogP contribution >= 0.6 is 0 Å². The third-order valence-electron chi connectivity index (χ3n) is 2.41. The molecule has 6 heteroatoms. The number of carboxylic acids is 1. The minimum atomic E-state index is -2.09. The molecule has 1 aromatic rings. The van der Waals surface area contributed by atoms with E-state index in [9.17, 15) is 14.0 Å². The molecule has 1 unspecified atom stereocenters. The molecule has 104 valence electrons. The van der Waals surface area contributed by atoms with Gasteiger partial charge in [-0.05, 0) is 19.4 Å². The molecule has 0 aliphatic carbocycles. The first-order valence-electron chi connectivity index (χ1n) is 5.69. The molecular formula is C13H16FNO4. The van der Waals surface area contributed by atoms with Gasteiger partial charge >= 0.3 is 12.1 Å². The highest BCUT2D eigenvalue weighted by Gasteiger charge is 2.37. The number of rotatable bonds is 5. The van der Waals surface area contributed by atoms with E-state index in [4.69, 9.17) is 9.84 Å². The summed E-state index contributed by atoms with van der Waals surface area (Å²) in [5, 5.41) is 10.8. The minimum Gasteiger partial charge on any atom is -0.480 e. The van der Waals surface area contributed by atoms with Crippen molar-refractivity contribution >= 4 is 12.1 Å². The fraction of sp³-hybridized carbons (Fsp3) is 0.385. The van der Waals surface area contributed by atoms with Crippen LogP contribution in [0.5, 0.6) is 0 Å². The molecule has 0 fully saturated rings. The van der Waals surface area contributed by atoms with Gasteiger partial charge in [0, 0.05) is 0 Å². The molecule has 0 bridgehead atoms. The lowest BCUT2D eigenvalue weighted by Crippen LogP contribution is -2.52. The van der Waals surface area contributed by atoms with Crippen LogP contribution in [0.15, 0.2) is 30.3 Å². The third kappa shape index (κ3) is 4.95. The van der Waals surface area contributed by atoms with Gasteiger partial charge in [-0.1, -0.05) is 30.3 Å². The number of hydrogen-bond donors (Lipinski definition) is 2. The van der Waals surface area contributed by atoms with Gasteiger partial charge in [0.05, 0.1) is 0 Å². The summed E-state index contributed by atoms with van der Waals surface area (Å²) in [5.74, 6) is -1.45. The topological polar surface area (TPSA) is 75.6 Å². The number of carbonyl (C=O) groups is 2. The number of carbonyl (C=O) groups excluding carboxylic acids is 1. The van der Waals surface area contributed by atoms with Gasteiger partial charge in [-0.2, -0.15) is 0 Å². The van der Waals surface area contributed by atoms with E-state index in [1.165, 1.54) is 0 Å². The smallest absolute Gasteiger partial charge is 0.408 e. The molecule has 0 aliphatic rings. The van der Waals surface area contributed by atoms with Gasteiger partial charge in [0.2, 0.25) is 0 Å². The van der Waals surface area contributed by atoms with Gasteiger partial charge in [0.25, 0.3) is 0 Å². The van der Waals surface area contributed by atoms with Crippen LogP contribution < -0.4 is 5.32 Å². The fourth-order valence-corrected chi connectivity index (χ4v) is 1.41. The average molecular weight is 269 g/mol. The summed E-state index contributed by atoms with van der Waals surface area (Å²) in [5.41, 5.74) is -1.33. The van der Waals surface area contributed by atoms with Gasteiger partial charge in [-0.15, -0.1) is 0 Å². The maximum absolute atomic E-state index is 13.6. The van der Waals surface area contributed by atoms with E-state index in [1.54, 1.807) is 24.3 Å². The van der Waals surface area contributed by atoms with E-state index < -0.39 is 23.8 Å². The molecule has 0 heterocycles. The second kappa shape index (κ2) is 6.17. The molecule has 0 saturated heterocycles. The molecule has 1 rings (SSSR count). The van der Waals surface area contributed by atoms with Gasteiger partial charge < -0.3 is 15.2 Å². The standard InChI is InChI=1S/C13H16FNO4/c1-13(2,14)10(11(16)17)15-12(18)19-8-9-6-4-3-5-7-9/h3-7,10H,8H2,1-2H3,(H,15,18)(H,16,17). The SMILES string of the molecule is CC(C)(F)C(NC(=O)OCc1ccccc1)C(=O)O. The lowest BCUT2D eigenvalue weighted by Gasteiger charge is -2.23. The second-order valence-electron chi connectivity index (χ2n) is 4.54. The summed E-state index contributed by atoms with van der Waals surface area (Å²) >= 11 is 0. The summed E-state index contributed by atoms with van der Waals surface area (Å²) in [7, 11) is 0. The van der Waals surface area contributed by atoms with Crippen molar-refractivity contribution in [3.05, 3.63) is 35.9 Å². The molecule has 1 aromatic carbocycles. The molecule has 1 amide bonds. The Morgan fingerprint density at radius 3 is 2.42 bits per heavy atom. The van der Waals surface area contributed by atoms with Crippen LogP contribution in [-0.4, -0.2) is 28.9 Å². The number of halogens is 1. The molecule has 0 aliphatic heterocycles. The van der Waals surface area contributed by atoms with Gasteiger partial charge in [0.1, 0.15) is 12.3 Å². The first-order valence-corrected chi connectivity index (χ1v) is 5.69. The summed E-state index contributed by atoms with van der Waals surface area (Å²) in [6, 6.07) is 7.22. The Labute approximate surface area is 110 Å². The highest BCUT2D eigenvalue weighted by atomic mass is 19.1. The number of amides is 1. The first kappa shape index (κ1) is 14.9. The molecule has 5 nitrogen and oxygen atoms in total. The largest absolute Gasteiger partial charge is 0.480 e. The van der Waals surface area contributed by atoms with E-state index in [-0.39, 0.29) is 6.61 Å². The van der Waals surface area contributed by atoms with Crippen molar-refractivity contribution in [3.8, 4) is 0 Å². The van der Waals surface area contributed by atoms with Crippen molar-refractivity contribution in [1.29, 1.82) is 0 Å². The summed E-state index contributed by atoms with van der Waals surface area (Å²) in [4.78, 5) is 22.3. The lowest BCUT2D eigenvalue weighted by atomic mass is 10.0. The monoisotopic (exact) mass is 269 g/mol. The Balaban J connectivity index is 2.52. The third-order valence-corrected chi connectivity index (χ3v) is 2.41. The lowest BCUT2D eigenvalue weighted by molar-refractivity contribution is -0.142. The Hall–Kier alpha value is -2.11. The minimum absolute atomic E-state index is 0.00821. The maximum Gasteiger partial charge on any atom is 0.408 e. The van der Waals surface area contributed by atoms with Gasteiger partial charge in [0.15, 0.2) is 6.04 Å². The number of ether oxygens (including phenoxy) is 1. The summed E-state index contributed by atoms with van der Waals surface area (Å²) < 4.78 is 18.4. The maximum atomic E-state index is 13.6. The highest BCUT2D eigenvalue weighted by Crippen LogP contribution is 2.15. The van der Waals surface area contributed by atoms with Crippen LogP contribution in [0.3, 0.4) is 0 Å². The number of nitrogens with one attached hydrogen (secondary N) is 1. The molecular weight excluding hydrogens is 253 g/mol. The fourth-order valence-electron chi connectivity index (χ4n) is 1.41. The normalized spacial score (nSPS) is 12.6. The molecule has 0 radical (unpaired) electrons. The van der Waals surface area contributed by atoms with Gasteiger partial charge in [-0.25, -0.2) is 14.0 Å². The number of hydrogen-bond acceptors (Lipinski definition) is 3. The molecule has 2 N–H and O–H groups in total. The number of carboxylic acid groups (broad SMARTS) is 1. The van der Waals surface area contributed by atoms with Crippen LogP contribution in [0.4, 0.5) is 9.18 Å². The van der Waals surface area contributed by atoms with Crippen molar-refractivity contribution in [3.63, 3.8) is 0 Å². The Morgan fingerprint density at radius 1 is 1.37 bits per heavy atom. The van der Waals surface area contributed by atoms with E-state index >= 15 is 0 Å².